The number of aromatic nitrogens is 2. The summed E-state index contributed by atoms with van der Waals surface area (Å²) in [6, 6.07) is 9.65. The molecule has 0 saturated carbocycles. The number of morpholine rings is 1. The van der Waals surface area contributed by atoms with Gasteiger partial charge in [-0.1, -0.05) is 6.07 Å². The lowest BCUT2D eigenvalue weighted by atomic mass is 10.1. The topological polar surface area (TPSA) is 65.5 Å². The zero-order chi connectivity index (χ0) is 19.1. The van der Waals surface area contributed by atoms with Crippen molar-refractivity contribution in [2.75, 3.05) is 36.5 Å². The van der Waals surface area contributed by atoms with Crippen LogP contribution in [0, 0.1) is 11.6 Å². The van der Waals surface area contributed by atoms with Gasteiger partial charge in [0, 0.05) is 24.3 Å². The first-order valence-corrected chi connectivity index (χ1v) is 9.01. The lowest BCUT2D eigenvalue weighted by Crippen LogP contribution is -2.36. The van der Waals surface area contributed by atoms with E-state index in [0.29, 0.717) is 24.6 Å². The first kappa shape index (κ1) is 16.9. The number of aliphatic imine (C=N–C) groups is 1. The molecule has 8 heteroatoms. The zero-order valence-electron chi connectivity index (χ0n) is 14.9. The van der Waals surface area contributed by atoms with Gasteiger partial charge in [0.05, 0.1) is 42.0 Å². The lowest BCUT2D eigenvalue weighted by molar-refractivity contribution is 0.122. The number of hydrogen-bond donors (Lipinski definition) is 2. The average molecular weight is 381 g/mol. The van der Waals surface area contributed by atoms with Crippen molar-refractivity contribution in [3.8, 4) is 11.3 Å². The summed E-state index contributed by atoms with van der Waals surface area (Å²) in [7, 11) is 0. The Kier molecular flexibility index (Phi) is 4.05. The number of fused-ring (bicyclic) bond motifs is 3. The summed E-state index contributed by atoms with van der Waals surface area (Å²) >= 11 is 0. The van der Waals surface area contributed by atoms with Crippen LogP contribution in [0.5, 0.6) is 0 Å². The van der Waals surface area contributed by atoms with E-state index in [-0.39, 0.29) is 11.4 Å². The van der Waals surface area contributed by atoms with Gasteiger partial charge >= 0.3 is 0 Å². The Bertz CT molecular complexity index is 1050. The molecule has 142 valence electrons. The molecule has 28 heavy (non-hydrogen) atoms. The number of nitrogens with zero attached hydrogens (tertiary/aromatic N) is 3. The van der Waals surface area contributed by atoms with E-state index in [9.17, 15) is 8.78 Å². The van der Waals surface area contributed by atoms with Crippen LogP contribution >= 0.6 is 0 Å². The van der Waals surface area contributed by atoms with E-state index < -0.39 is 11.6 Å². The van der Waals surface area contributed by atoms with Crippen molar-refractivity contribution in [3.05, 3.63) is 59.8 Å². The van der Waals surface area contributed by atoms with E-state index in [2.05, 4.69) is 25.4 Å². The minimum absolute atomic E-state index is 0.108. The minimum atomic E-state index is -0.677. The summed E-state index contributed by atoms with van der Waals surface area (Å²) < 4.78 is 34.2. The molecule has 0 radical (unpaired) electrons. The van der Waals surface area contributed by atoms with Gasteiger partial charge < -0.3 is 15.0 Å². The van der Waals surface area contributed by atoms with E-state index in [0.717, 1.165) is 30.0 Å². The Balaban J connectivity index is 1.67. The molecule has 3 heterocycles. The van der Waals surface area contributed by atoms with Crippen LogP contribution in [0.25, 0.3) is 11.3 Å². The van der Waals surface area contributed by atoms with Gasteiger partial charge in [0.25, 0.3) is 0 Å². The molecule has 2 aliphatic rings. The van der Waals surface area contributed by atoms with E-state index in [1.807, 2.05) is 18.2 Å². The third-order valence-electron chi connectivity index (χ3n) is 4.95. The highest BCUT2D eigenvalue weighted by Gasteiger charge is 2.23. The van der Waals surface area contributed by atoms with Crippen molar-refractivity contribution in [1.29, 1.82) is 0 Å². The van der Waals surface area contributed by atoms with Crippen LogP contribution in [0.3, 0.4) is 0 Å². The Morgan fingerprint density at radius 3 is 2.61 bits per heavy atom. The molecule has 0 amide bonds. The summed E-state index contributed by atoms with van der Waals surface area (Å²) in [5.74, 6) is -1.25. The normalized spacial score (nSPS) is 15.9. The SMILES string of the molecule is Fc1cccc(F)c1C1=Nc2cc(N3CCOCC3)ccc2-c2[nH]ncc2N1. The zero-order valence-corrected chi connectivity index (χ0v) is 14.9. The summed E-state index contributed by atoms with van der Waals surface area (Å²) in [4.78, 5) is 6.80. The van der Waals surface area contributed by atoms with Crippen LogP contribution in [0.15, 0.2) is 47.6 Å². The largest absolute Gasteiger partial charge is 0.378 e. The number of amidine groups is 1. The van der Waals surface area contributed by atoms with Crippen LogP contribution in [-0.4, -0.2) is 42.3 Å². The molecule has 6 nitrogen and oxygen atoms in total. The van der Waals surface area contributed by atoms with Crippen LogP contribution < -0.4 is 10.2 Å². The predicted octanol–water partition coefficient (Wildman–Crippen LogP) is 3.70. The molecule has 0 unspecified atom stereocenters. The highest BCUT2D eigenvalue weighted by Crippen LogP contribution is 2.39. The predicted molar refractivity (Wildman–Crippen MR) is 103 cm³/mol. The molecule has 0 spiro atoms. The lowest BCUT2D eigenvalue weighted by Gasteiger charge is -2.29. The number of benzene rings is 2. The first-order chi connectivity index (χ1) is 13.7. The highest BCUT2D eigenvalue weighted by atomic mass is 19.1. The number of hydrogen-bond acceptors (Lipinski definition) is 5. The molecule has 1 saturated heterocycles. The van der Waals surface area contributed by atoms with Crippen molar-refractivity contribution in [1.82, 2.24) is 10.2 Å². The second-order valence-corrected chi connectivity index (χ2v) is 6.64. The van der Waals surface area contributed by atoms with Gasteiger partial charge in [0.2, 0.25) is 0 Å². The van der Waals surface area contributed by atoms with Crippen LogP contribution in [-0.2, 0) is 4.74 Å². The molecule has 0 aliphatic carbocycles. The Morgan fingerprint density at radius 1 is 1.04 bits per heavy atom. The number of ether oxygens (including phenoxy) is 1. The van der Waals surface area contributed by atoms with Gasteiger partial charge in [-0.15, -0.1) is 0 Å². The fraction of sp³-hybridized carbons (Fsp3) is 0.200. The number of anilines is 2. The molecule has 2 aliphatic heterocycles. The Labute approximate surface area is 159 Å². The fourth-order valence-corrected chi connectivity index (χ4v) is 3.55. The van der Waals surface area contributed by atoms with Gasteiger partial charge in [-0.05, 0) is 30.3 Å². The smallest absolute Gasteiger partial charge is 0.144 e. The maximum absolute atomic E-state index is 14.4. The van der Waals surface area contributed by atoms with E-state index >= 15 is 0 Å². The van der Waals surface area contributed by atoms with Gasteiger partial charge in [-0.25, -0.2) is 13.8 Å². The summed E-state index contributed by atoms with van der Waals surface area (Å²) in [5.41, 5.74) is 3.54. The second kappa shape index (κ2) is 6.72. The maximum Gasteiger partial charge on any atom is 0.144 e. The molecule has 5 rings (SSSR count). The molecule has 1 fully saturated rings. The molecule has 2 N–H and O–H groups in total. The fourth-order valence-electron chi connectivity index (χ4n) is 3.55. The Hall–Kier alpha value is -3.26. The molecule has 1 aromatic heterocycles. The summed E-state index contributed by atoms with van der Waals surface area (Å²) in [5, 5.41) is 10.0. The highest BCUT2D eigenvalue weighted by molar-refractivity contribution is 6.13. The van der Waals surface area contributed by atoms with Crippen molar-refractivity contribution in [3.63, 3.8) is 0 Å². The summed E-state index contributed by atoms with van der Waals surface area (Å²) in [6.45, 7) is 2.90. The second-order valence-electron chi connectivity index (χ2n) is 6.64. The van der Waals surface area contributed by atoms with Gasteiger partial charge in [0.15, 0.2) is 0 Å². The molecular weight excluding hydrogens is 364 g/mol. The minimum Gasteiger partial charge on any atom is -0.378 e. The van der Waals surface area contributed by atoms with Crippen LogP contribution in [0.4, 0.5) is 25.8 Å². The third-order valence-corrected chi connectivity index (χ3v) is 4.95. The Morgan fingerprint density at radius 2 is 1.82 bits per heavy atom. The average Bonchev–Trinajstić information content (AvgIpc) is 3.10. The monoisotopic (exact) mass is 381 g/mol. The standard InChI is InChI=1S/C20H17F2N5O/c21-14-2-1-3-15(22)18(14)20-24-16-10-12(27-6-8-28-9-7-27)4-5-13(16)19-17(25-20)11-23-26-19/h1-5,10-11H,6-9H2,(H,23,26)(H,24,25). The van der Waals surface area contributed by atoms with Crippen molar-refractivity contribution >= 4 is 22.9 Å². The van der Waals surface area contributed by atoms with Crippen LogP contribution in [0.1, 0.15) is 5.56 Å². The number of aromatic amines is 1. The quantitative estimate of drug-likeness (QED) is 0.711. The molecular formula is C20H17F2N5O. The van der Waals surface area contributed by atoms with Gasteiger partial charge in [0.1, 0.15) is 17.5 Å². The molecule has 0 bridgehead atoms. The van der Waals surface area contributed by atoms with Crippen molar-refractivity contribution in [2.24, 2.45) is 4.99 Å². The van der Waals surface area contributed by atoms with Gasteiger partial charge in [-0.3, -0.25) is 5.10 Å². The van der Waals surface area contributed by atoms with Crippen molar-refractivity contribution < 1.29 is 13.5 Å². The molecule has 2 aromatic carbocycles. The summed E-state index contributed by atoms with van der Waals surface area (Å²) in [6.07, 6.45) is 1.58. The van der Waals surface area contributed by atoms with Crippen LogP contribution in [0.2, 0.25) is 0 Å². The van der Waals surface area contributed by atoms with Gasteiger partial charge in [-0.2, -0.15) is 5.10 Å². The number of nitrogens with one attached hydrogen (secondary N) is 2. The molecule has 3 aromatic rings. The van der Waals surface area contributed by atoms with E-state index in [4.69, 9.17) is 4.74 Å². The van der Waals surface area contributed by atoms with Crippen molar-refractivity contribution in [2.45, 2.75) is 0 Å². The van der Waals surface area contributed by atoms with E-state index in [1.165, 1.54) is 18.2 Å². The van der Waals surface area contributed by atoms with E-state index in [1.54, 1.807) is 6.20 Å². The molecule has 0 atom stereocenters. The number of rotatable bonds is 2. The first-order valence-electron chi connectivity index (χ1n) is 9.01. The third kappa shape index (κ3) is 2.82. The number of H-pyrrole nitrogens is 1. The number of halogens is 2. The maximum atomic E-state index is 14.4.